The minimum atomic E-state index is -1.24. The number of benzene rings is 1. The number of carbonyl (C=O) groups is 1. The number of nitrogens with one attached hydrogen (secondary N) is 1. The summed E-state index contributed by atoms with van der Waals surface area (Å²) in [5, 5.41) is 22.7. The lowest BCUT2D eigenvalue weighted by atomic mass is 9.90. The summed E-state index contributed by atoms with van der Waals surface area (Å²) in [6, 6.07) is 12.8. The maximum absolute atomic E-state index is 13.8. The molecule has 0 radical (unpaired) electrons. The largest absolute Gasteiger partial charge is 0.461 e. The fourth-order valence-corrected chi connectivity index (χ4v) is 4.77. The summed E-state index contributed by atoms with van der Waals surface area (Å²) in [7, 11) is 0. The van der Waals surface area contributed by atoms with Crippen molar-refractivity contribution < 1.29 is 14.3 Å². The van der Waals surface area contributed by atoms with Crippen LogP contribution in [0.5, 0.6) is 0 Å². The quantitative estimate of drug-likeness (QED) is 0.352. The van der Waals surface area contributed by atoms with Gasteiger partial charge in [0.15, 0.2) is 22.6 Å². The van der Waals surface area contributed by atoms with Crippen molar-refractivity contribution >= 4 is 28.5 Å². The van der Waals surface area contributed by atoms with Gasteiger partial charge >= 0.3 is 0 Å². The van der Waals surface area contributed by atoms with Gasteiger partial charge in [-0.15, -0.1) is 5.10 Å². The van der Waals surface area contributed by atoms with E-state index in [1.807, 2.05) is 30.3 Å². The average molecular weight is 473 g/mol. The fourth-order valence-electron chi connectivity index (χ4n) is 4.77. The number of carbonyl (C=O) groups excluding carboxylic acids is 1. The molecule has 0 bridgehead atoms. The summed E-state index contributed by atoms with van der Waals surface area (Å²) >= 11 is 0. The first-order valence-electron chi connectivity index (χ1n) is 11.4. The number of aliphatic hydroxyl groups excluding tert-OH is 1. The number of nitrogens with zero attached hydrogens (tertiary/aromatic N) is 6. The van der Waals surface area contributed by atoms with Crippen LogP contribution in [0.4, 0.5) is 5.95 Å². The average Bonchev–Trinajstić information content (AvgIpc) is 3.65. The van der Waals surface area contributed by atoms with Crippen LogP contribution in [0.25, 0.3) is 28.3 Å². The van der Waals surface area contributed by atoms with Crippen LogP contribution in [0, 0.1) is 0 Å². The molecule has 11 nitrogen and oxygen atoms in total. The van der Waals surface area contributed by atoms with Crippen LogP contribution in [0.1, 0.15) is 31.7 Å². The number of hydrogen-bond acceptors (Lipinski definition) is 8. The number of fused-ring (bicyclic) bond motifs is 3. The first-order chi connectivity index (χ1) is 16.9. The van der Waals surface area contributed by atoms with E-state index in [9.17, 15) is 9.90 Å². The summed E-state index contributed by atoms with van der Waals surface area (Å²) in [6.45, 7) is 1.80. The number of nitrogen functional groups attached to an aromatic ring is 1. The lowest BCUT2D eigenvalue weighted by Gasteiger charge is -2.31. The van der Waals surface area contributed by atoms with E-state index in [0.717, 1.165) is 12.0 Å². The Morgan fingerprint density at radius 3 is 2.71 bits per heavy atom. The van der Waals surface area contributed by atoms with Gasteiger partial charge in [0.25, 0.3) is 5.91 Å². The maximum atomic E-state index is 13.8. The van der Waals surface area contributed by atoms with Gasteiger partial charge in [-0.1, -0.05) is 30.3 Å². The van der Waals surface area contributed by atoms with Crippen LogP contribution in [0.3, 0.4) is 0 Å². The van der Waals surface area contributed by atoms with Crippen molar-refractivity contribution in [3.63, 3.8) is 0 Å². The first-order valence-corrected chi connectivity index (χ1v) is 11.4. The van der Waals surface area contributed by atoms with E-state index in [1.54, 1.807) is 36.2 Å². The number of aromatic nitrogens is 6. The molecule has 0 saturated heterocycles. The first kappa shape index (κ1) is 21.3. The van der Waals surface area contributed by atoms with Gasteiger partial charge < -0.3 is 20.6 Å². The second kappa shape index (κ2) is 7.91. The molecule has 3 atom stereocenters. The second-order valence-electron chi connectivity index (χ2n) is 8.99. The predicted octanol–water partition coefficient (Wildman–Crippen LogP) is 2.11. The second-order valence-corrected chi connectivity index (χ2v) is 8.99. The standard InChI is InChI=1S/C24H24N8O3/c1-24(14-6-3-2-4-7-14,22(34)27-15-9-10-16(33)12-15)32-21-17(13-26-32)20-28-19(18-8-5-11-35-18)30-31(20)23(25)29-21/h2-8,11,13,15-16,33H,9-10,12H2,1H3,(H2,25,29)(H,27,34)/t15-,16+,24?/m1/s1. The van der Waals surface area contributed by atoms with Crippen molar-refractivity contribution in [1.82, 2.24) is 34.7 Å². The molecule has 1 aliphatic rings. The monoisotopic (exact) mass is 472 g/mol. The number of furan rings is 1. The zero-order chi connectivity index (χ0) is 24.2. The SMILES string of the molecule is CC(C(=O)N[C@@H]1CC[C@H](O)C1)(c1ccccc1)n1ncc2c1nc(N)n1nc(-c3ccco3)nc21. The van der Waals surface area contributed by atoms with Gasteiger partial charge in [-0.25, -0.2) is 9.67 Å². The summed E-state index contributed by atoms with van der Waals surface area (Å²) in [5.41, 5.74) is 6.63. The van der Waals surface area contributed by atoms with E-state index >= 15 is 0 Å². The van der Waals surface area contributed by atoms with Crippen LogP contribution in [-0.2, 0) is 10.3 Å². The van der Waals surface area contributed by atoms with E-state index in [-0.39, 0.29) is 17.9 Å². The molecule has 4 N–H and O–H groups in total. The minimum Gasteiger partial charge on any atom is -0.461 e. The zero-order valence-electron chi connectivity index (χ0n) is 19.0. The molecule has 4 heterocycles. The van der Waals surface area contributed by atoms with Crippen LogP contribution in [0.15, 0.2) is 59.3 Å². The molecule has 35 heavy (non-hydrogen) atoms. The van der Waals surface area contributed by atoms with E-state index in [1.165, 1.54) is 4.52 Å². The Kier molecular flexibility index (Phi) is 4.81. The third kappa shape index (κ3) is 3.35. The molecule has 0 aliphatic heterocycles. The highest BCUT2D eigenvalue weighted by atomic mass is 16.3. The molecule has 1 fully saturated rings. The summed E-state index contributed by atoms with van der Waals surface area (Å²) < 4.78 is 8.45. The molecule has 4 aromatic heterocycles. The molecule has 1 aromatic carbocycles. The van der Waals surface area contributed by atoms with E-state index in [4.69, 9.17) is 10.2 Å². The molecule has 1 unspecified atom stereocenters. The van der Waals surface area contributed by atoms with Crippen molar-refractivity contribution in [2.75, 3.05) is 5.73 Å². The number of hydrogen-bond donors (Lipinski definition) is 3. The number of anilines is 1. The van der Waals surface area contributed by atoms with E-state index < -0.39 is 11.6 Å². The third-order valence-electron chi connectivity index (χ3n) is 6.71. The molecule has 178 valence electrons. The molecule has 1 saturated carbocycles. The molecule has 1 aliphatic carbocycles. The van der Waals surface area contributed by atoms with E-state index in [0.29, 0.717) is 41.1 Å². The van der Waals surface area contributed by atoms with Crippen LogP contribution >= 0.6 is 0 Å². The topological polar surface area (TPSA) is 149 Å². The minimum absolute atomic E-state index is 0.106. The van der Waals surface area contributed by atoms with Crippen molar-refractivity contribution in [3.05, 3.63) is 60.5 Å². The summed E-state index contributed by atoms with van der Waals surface area (Å²) in [5.74, 6) is 0.730. The highest BCUT2D eigenvalue weighted by Crippen LogP contribution is 2.32. The number of rotatable bonds is 5. The van der Waals surface area contributed by atoms with Crippen LogP contribution < -0.4 is 11.1 Å². The van der Waals surface area contributed by atoms with Crippen molar-refractivity contribution in [2.45, 2.75) is 43.9 Å². The highest BCUT2D eigenvalue weighted by molar-refractivity contribution is 5.94. The number of aliphatic hydroxyl groups is 1. The predicted molar refractivity (Wildman–Crippen MR) is 127 cm³/mol. The molecule has 5 aromatic rings. The summed E-state index contributed by atoms with van der Waals surface area (Å²) in [6.07, 6.45) is 4.67. The van der Waals surface area contributed by atoms with Gasteiger partial charge in [-0.2, -0.15) is 14.6 Å². The van der Waals surface area contributed by atoms with Crippen molar-refractivity contribution in [3.8, 4) is 11.6 Å². The van der Waals surface area contributed by atoms with Gasteiger partial charge in [-0.3, -0.25) is 4.79 Å². The molecular weight excluding hydrogens is 448 g/mol. The van der Waals surface area contributed by atoms with Gasteiger partial charge in [0, 0.05) is 6.04 Å². The van der Waals surface area contributed by atoms with Crippen molar-refractivity contribution in [2.24, 2.45) is 0 Å². The molecule has 6 rings (SSSR count). The Morgan fingerprint density at radius 2 is 2.00 bits per heavy atom. The Hall–Kier alpha value is -4.25. The van der Waals surface area contributed by atoms with Gasteiger partial charge in [0.1, 0.15) is 0 Å². The fraction of sp³-hybridized carbons (Fsp3) is 0.292. The van der Waals surface area contributed by atoms with Gasteiger partial charge in [-0.05, 0) is 43.9 Å². The molecular formula is C24H24N8O3. The maximum Gasteiger partial charge on any atom is 0.252 e. The molecule has 1 amide bonds. The lowest BCUT2D eigenvalue weighted by molar-refractivity contribution is -0.128. The normalized spacial score (nSPS) is 19.8. The Labute approximate surface area is 199 Å². The molecule has 11 heteroatoms. The third-order valence-corrected chi connectivity index (χ3v) is 6.71. The van der Waals surface area contributed by atoms with E-state index in [2.05, 4.69) is 25.5 Å². The Balaban J connectivity index is 1.51. The Morgan fingerprint density at radius 1 is 1.17 bits per heavy atom. The molecule has 0 spiro atoms. The van der Waals surface area contributed by atoms with Crippen molar-refractivity contribution in [1.29, 1.82) is 0 Å². The summed E-state index contributed by atoms with van der Waals surface area (Å²) in [4.78, 5) is 23.0. The Bertz CT molecular complexity index is 1520. The number of nitrogens with two attached hydrogens (primary N) is 1. The van der Waals surface area contributed by atoms with Gasteiger partial charge in [0.05, 0.1) is 24.0 Å². The number of amides is 1. The lowest BCUT2D eigenvalue weighted by Crippen LogP contribution is -2.50. The van der Waals surface area contributed by atoms with Crippen LogP contribution in [-0.4, -0.2) is 52.5 Å². The zero-order valence-corrected chi connectivity index (χ0v) is 19.0. The highest BCUT2D eigenvalue weighted by Gasteiger charge is 2.41. The van der Waals surface area contributed by atoms with Gasteiger partial charge in [0.2, 0.25) is 11.8 Å². The smallest absolute Gasteiger partial charge is 0.252 e. The van der Waals surface area contributed by atoms with Crippen LogP contribution in [0.2, 0.25) is 0 Å².